The summed E-state index contributed by atoms with van der Waals surface area (Å²) < 4.78 is 0. The van der Waals surface area contributed by atoms with Crippen LogP contribution in [-0.4, -0.2) is 34.3 Å². The van der Waals surface area contributed by atoms with E-state index in [4.69, 9.17) is 11.6 Å². The van der Waals surface area contributed by atoms with Gasteiger partial charge in [-0.05, 0) is 48.7 Å². The number of benzene rings is 1. The van der Waals surface area contributed by atoms with E-state index in [-0.39, 0.29) is 11.4 Å². The number of aliphatic hydroxyl groups is 1. The summed E-state index contributed by atoms with van der Waals surface area (Å²) >= 11 is 5.85. The predicted octanol–water partition coefficient (Wildman–Crippen LogP) is 2.63. The smallest absolute Gasteiger partial charge is 0.222 e. The largest absolute Gasteiger partial charge is 0.391 e. The molecule has 0 bridgehead atoms. The van der Waals surface area contributed by atoms with Crippen molar-refractivity contribution in [1.82, 2.24) is 9.97 Å². The number of halogens is 1. The highest BCUT2D eigenvalue weighted by Crippen LogP contribution is 2.28. The summed E-state index contributed by atoms with van der Waals surface area (Å²) in [6.45, 7) is 1.45. The number of rotatable bonds is 2. The monoisotopic (exact) mass is 314 g/mol. The second-order valence-electron chi connectivity index (χ2n) is 5.33. The summed E-state index contributed by atoms with van der Waals surface area (Å²) in [5.74, 6) is 0. The zero-order valence-electron chi connectivity index (χ0n) is 11.9. The summed E-state index contributed by atoms with van der Waals surface area (Å²) in [6.07, 6.45) is 3.03. The van der Waals surface area contributed by atoms with Crippen LogP contribution in [0.2, 0.25) is 5.28 Å². The number of anilines is 1. The lowest BCUT2D eigenvalue weighted by molar-refractivity contribution is 0.154. The van der Waals surface area contributed by atoms with Crippen LogP contribution in [0.4, 0.5) is 5.69 Å². The first-order chi connectivity index (χ1) is 10.7. The van der Waals surface area contributed by atoms with E-state index in [1.54, 1.807) is 18.3 Å². The molecular weight excluding hydrogens is 300 g/mol. The molecule has 1 aliphatic rings. The average molecular weight is 315 g/mol. The lowest BCUT2D eigenvalue weighted by Gasteiger charge is -2.32. The molecule has 2 aromatic rings. The molecule has 3 rings (SSSR count). The minimum Gasteiger partial charge on any atom is -0.391 e. The molecule has 1 aromatic carbocycles. The van der Waals surface area contributed by atoms with Crippen molar-refractivity contribution in [3.05, 3.63) is 41.3 Å². The van der Waals surface area contributed by atoms with Crippen molar-refractivity contribution in [2.75, 3.05) is 18.0 Å². The summed E-state index contributed by atoms with van der Waals surface area (Å²) in [5.41, 5.74) is 2.97. The number of aromatic nitrogens is 2. The van der Waals surface area contributed by atoms with E-state index in [0.29, 0.717) is 17.8 Å². The molecule has 1 N–H and O–H groups in total. The van der Waals surface area contributed by atoms with E-state index in [1.165, 1.54) is 0 Å². The van der Waals surface area contributed by atoms with Gasteiger partial charge in [-0.2, -0.15) is 5.26 Å². The third-order valence-corrected chi connectivity index (χ3v) is 3.91. The van der Waals surface area contributed by atoms with E-state index < -0.39 is 0 Å². The van der Waals surface area contributed by atoms with E-state index in [2.05, 4.69) is 20.9 Å². The topological polar surface area (TPSA) is 73.0 Å². The highest BCUT2D eigenvalue weighted by molar-refractivity contribution is 6.28. The fraction of sp³-hybridized carbons (Fsp3) is 0.312. The molecule has 1 atom stereocenters. The number of β-amino-alcohol motifs (C(OH)–C–C–N with tert-alkyl or cyclic N) is 1. The molecule has 112 valence electrons. The van der Waals surface area contributed by atoms with Crippen molar-refractivity contribution in [2.24, 2.45) is 0 Å². The van der Waals surface area contributed by atoms with Crippen LogP contribution < -0.4 is 4.90 Å². The van der Waals surface area contributed by atoms with E-state index in [1.807, 2.05) is 12.1 Å². The van der Waals surface area contributed by atoms with Crippen LogP contribution >= 0.6 is 11.6 Å². The van der Waals surface area contributed by atoms with Gasteiger partial charge in [-0.25, -0.2) is 9.97 Å². The molecule has 0 amide bonds. The van der Waals surface area contributed by atoms with Crippen molar-refractivity contribution in [1.29, 1.82) is 5.26 Å². The van der Waals surface area contributed by atoms with Gasteiger partial charge in [0.25, 0.3) is 0 Å². The van der Waals surface area contributed by atoms with Crippen molar-refractivity contribution >= 4 is 17.3 Å². The van der Waals surface area contributed by atoms with E-state index in [0.717, 1.165) is 30.6 Å². The van der Waals surface area contributed by atoms with Crippen LogP contribution in [0.1, 0.15) is 18.4 Å². The Labute approximate surface area is 133 Å². The van der Waals surface area contributed by atoms with Crippen LogP contribution in [0.25, 0.3) is 11.3 Å². The van der Waals surface area contributed by atoms with E-state index in [9.17, 15) is 10.4 Å². The van der Waals surface area contributed by atoms with Gasteiger partial charge >= 0.3 is 0 Å². The van der Waals surface area contributed by atoms with Gasteiger partial charge in [-0.3, -0.25) is 0 Å². The number of hydrogen-bond acceptors (Lipinski definition) is 5. The Kier molecular flexibility index (Phi) is 4.23. The van der Waals surface area contributed by atoms with Gasteiger partial charge < -0.3 is 10.0 Å². The zero-order valence-corrected chi connectivity index (χ0v) is 12.7. The Bertz CT molecular complexity index is 728. The zero-order chi connectivity index (χ0) is 15.5. The maximum absolute atomic E-state index is 9.85. The van der Waals surface area contributed by atoms with Crippen molar-refractivity contribution in [2.45, 2.75) is 18.9 Å². The fourth-order valence-electron chi connectivity index (χ4n) is 2.69. The average Bonchev–Trinajstić information content (AvgIpc) is 2.54. The Morgan fingerprint density at radius 1 is 1.36 bits per heavy atom. The standard InChI is InChI=1S/C16H15ClN4O/c17-16-19-4-3-15(20-16)12-6-11(9-18)7-13(8-12)21-5-1-2-14(22)10-21/h3-4,6-8,14,22H,1-2,5,10H2. The number of nitrogens with zero attached hydrogens (tertiary/aromatic N) is 4. The fourth-order valence-corrected chi connectivity index (χ4v) is 2.84. The summed E-state index contributed by atoms with van der Waals surface area (Å²) in [5, 5.41) is 19.3. The van der Waals surface area contributed by atoms with Gasteiger partial charge in [0.1, 0.15) is 0 Å². The highest BCUT2D eigenvalue weighted by atomic mass is 35.5. The minimum atomic E-state index is -0.323. The summed E-state index contributed by atoms with van der Waals surface area (Å²) in [4.78, 5) is 10.2. The molecule has 5 nitrogen and oxygen atoms in total. The van der Waals surface area contributed by atoms with Gasteiger partial charge in [-0.1, -0.05) is 0 Å². The second kappa shape index (κ2) is 6.30. The normalized spacial score (nSPS) is 18.0. The second-order valence-corrected chi connectivity index (χ2v) is 5.67. The molecule has 1 fully saturated rings. The van der Waals surface area contributed by atoms with Gasteiger partial charge in [0.2, 0.25) is 5.28 Å². The first kappa shape index (κ1) is 14.8. The van der Waals surface area contributed by atoms with E-state index >= 15 is 0 Å². The molecule has 22 heavy (non-hydrogen) atoms. The van der Waals surface area contributed by atoms with Crippen LogP contribution in [0, 0.1) is 11.3 Å². The molecule has 1 aromatic heterocycles. The first-order valence-electron chi connectivity index (χ1n) is 7.13. The Morgan fingerprint density at radius 3 is 2.95 bits per heavy atom. The van der Waals surface area contributed by atoms with Crippen molar-refractivity contribution in [3.63, 3.8) is 0 Å². The van der Waals surface area contributed by atoms with Crippen LogP contribution in [0.3, 0.4) is 0 Å². The molecule has 1 aliphatic heterocycles. The van der Waals surface area contributed by atoms with Crippen LogP contribution in [-0.2, 0) is 0 Å². The van der Waals surface area contributed by atoms with Crippen LogP contribution in [0.5, 0.6) is 0 Å². The van der Waals surface area contributed by atoms with Crippen molar-refractivity contribution in [3.8, 4) is 17.3 Å². The summed E-state index contributed by atoms with van der Waals surface area (Å²) in [6, 6.07) is 9.53. The molecule has 1 unspecified atom stereocenters. The van der Waals surface area contributed by atoms with Gasteiger partial charge in [0.15, 0.2) is 0 Å². The SMILES string of the molecule is N#Cc1cc(-c2ccnc(Cl)n2)cc(N2CCCC(O)C2)c1. The number of hydrogen-bond donors (Lipinski definition) is 1. The molecule has 6 heteroatoms. The van der Waals surface area contributed by atoms with Gasteiger partial charge in [0.05, 0.1) is 23.4 Å². The maximum Gasteiger partial charge on any atom is 0.222 e. The first-order valence-corrected chi connectivity index (χ1v) is 7.50. The molecule has 2 heterocycles. The molecule has 0 spiro atoms. The Morgan fingerprint density at radius 2 is 2.23 bits per heavy atom. The number of nitriles is 1. The number of aliphatic hydroxyl groups excluding tert-OH is 1. The molecule has 0 radical (unpaired) electrons. The minimum absolute atomic E-state index is 0.176. The van der Waals surface area contributed by atoms with Crippen molar-refractivity contribution < 1.29 is 5.11 Å². The summed E-state index contributed by atoms with van der Waals surface area (Å²) in [7, 11) is 0. The molecule has 1 saturated heterocycles. The lowest BCUT2D eigenvalue weighted by atomic mass is 10.0. The van der Waals surface area contributed by atoms with Crippen LogP contribution in [0.15, 0.2) is 30.5 Å². The van der Waals surface area contributed by atoms with Gasteiger partial charge in [0, 0.05) is 30.5 Å². The molecule has 0 saturated carbocycles. The number of piperidine rings is 1. The third kappa shape index (κ3) is 3.19. The Balaban J connectivity index is 2.01. The molecular formula is C16H15ClN4O. The quantitative estimate of drug-likeness (QED) is 0.863. The molecule has 0 aliphatic carbocycles. The lowest BCUT2D eigenvalue weighted by Crippen LogP contribution is -2.38. The van der Waals surface area contributed by atoms with Gasteiger partial charge in [-0.15, -0.1) is 0 Å². The third-order valence-electron chi connectivity index (χ3n) is 3.73. The maximum atomic E-state index is 9.85. The Hall–Kier alpha value is -2.16. The predicted molar refractivity (Wildman–Crippen MR) is 84.6 cm³/mol. The highest BCUT2D eigenvalue weighted by Gasteiger charge is 2.19.